The molecule has 28 heavy (non-hydrogen) atoms. The van der Waals surface area contributed by atoms with Gasteiger partial charge in [0.1, 0.15) is 17.9 Å². The van der Waals surface area contributed by atoms with Gasteiger partial charge in [-0.3, -0.25) is 4.79 Å². The highest BCUT2D eigenvalue weighted by Gasteiger charge is 2.09. The zero-order chi connectivity index (χ0) is 19.3. The van der Waals surface area contributed by atoms with Gasteiger partial charge in [0.15, 0.2) is 5.16 Å². The van der Waals surface area contributed by atoms with E-state index in [4.69, 9.17) is 9.15 Å². The molecule has 4 aromatic rings. The first-order valence-corrected chi connectivity index (χ1v) is 9.57. The van der Waals surface area contributed by atoms with E-state index < -0.39 is 5.63 Å². The van der Waals surface area contributed by atoms with Crippen LogP contribution in [0.5, 0.6) is 5.75 Å². The smallest absolute Gasteiger partial charge is 0.336 e. The van der Waals surface area contributed by atoms with E-state index in [1.54, 1.807) is 6.07 Å². The van der Waals surface area contributed by atoms with Crippen molar-refractivity contribution < 1.29 is 9.15 Å². The molecule has 2 aromatic carbocycles. The Labute approximate surface area is 164 Å². The van der Waals surface area contributed by atoms with Crippen LogP contribution in [0.4, 0.5) is 0 Å². The molecule has 0 aliphatic rings. The van der Waals surface area contributed by atoms with Gasteiger partial charge in [0.25, 0.3) is 5.56 Å². The predicted molar refractivity (Wildman–Crippen MR) is 108 cm³/mol. The average Bonchev–Trinajstić information content (AvgIpc) is 2.71. The van der Waals surface area contributed by atoms with Crippen molar-refractivity contribution in [3.8, 4) is 5.75 Å². The van der Waals surface area contributed by atoms with E-state index in [1.165, 1.54) is 30.1 Å². The third kappa shape index (κ3) is 4.32. The Morgan fingerprint density at radius 2 is 1.89 bits per heavy atom. The summed E-state index contributed by atoms with van der Waals surface area (Å²) in [5, 5.41) is 1.31. The molecule has 0 saturated heterocycles. The van der Waals surface area contributed by atoms with Crippen LogP contribution in [0, 0.1) is 0 Å². The topological polar surface area (TPSA) is 85.2 Å². The number of rotatable bonds is 6. The molecule has 0 atom stereocenters. The highest BCUT2D eigenvalue weighted by Crippen LogP contribution is 2.27. The standard InChI is InChI=1S/C21H16N2O4S/c24-19-8-9-22-21(23-19)28-13-15-10-20(25)27-18-11-16(6-7-17(15)18)26-12-14-4-2-1-3-5-14/h1-11H,12-13H2,(H,22,23,24). The predicted octanol–water partition coefficient (Wildman–Crippen LogP) is 3.75. The van der Waals surface area contributed by atoms with Crippen LogP contribution >= 0.6 is 11.8 Å². The lowest BCUT2D eigenvalue weighted by molar-refractivity contribution is 0.306. The summed E-state index contributed by atoms with van der Waals surface area (Å²) in [6, 6.07) is 18.1. The van der Waals surface area contributed by atoms with Crippen LogP contribution in [0.25, 0.3) is 11.0 Å². The van der Waals surface area contributed by atoms with E-state index in [2.05, 4.69) is 9.97 Å². The Kier molecular flexibility index (Phi) is 5.25. The fraction of sp³-hybridized carbons (Fsp3) is 0.0952. The van der Waals surface area contributed by atoms with Crippen LogP contribution in [-0.2, 0) is 12.4 Å². The molecule has 1 N–H and O–H groups in total. The molecular formula is C21H16N2O4S. The van der Waals surface area contributed by atoms with Gasteiger partial charge in [-0.1, -0.05) is 42.1 Å². The zero-order valence-electron chi connectivity index (χ0n) is 14.8. The number of nitrogens with one attached hydrogen (secondary N) is 1. The largest absolute Gasteiger partial charge is 0.489 e. The summed E-state index contributed by atoms with van der Waals surface area (Å²) in [7, 11) is 0. The van der Waals surface area contributed by atoms with Crippen molar-refractivity contribution >= 4 is 22.7 Å². The van der Waals surface area contributed by atoms with Crippen molar-refractivity contribution in [1.82, 2.24) is 9.97 Å². The first kappa shape index (κ1) is 18.1. The van der Waals surface area contributed by atoms with Crippen molar-refractivity contribution in [2.45, 2.75) is 17.5 Å². The van der Waals surface area contributed by atoms with Gasteiger partial charge >= 0.3 is 5.63 Å². The molecule has 0 bridgehead atoms. The van der Waals surface area contributed by atoms with Crippen LogP contribution in [0.1, 0.15) is 11.1 Å². The molecular weight excluding hydrogens is 376 g/mol. The zero-order valence-corrected chi connectivity index (χ0v) is 15.6. The highest BCUT2D eigenvalue weighted by molar-refractivity contribution is 7.98. The van der Waals surface area contributed by atoms with Gasteiger partial charge in [0.05, 0.1) is 0 Å². The number of hydrogen-bond donors (Lipinski definition) is 1. The van der Waals surface area contributed by atoms with E-state index in [0.717, 1.165) is 16.5 Å². The Morgan fingerprint density at radius 3 is 2.71 bits per heavy atom. The molecule has 2 heterocycles. The van der Waals surface area contributed by atoms with Crippen molar-refractivity contribution in [3.63, 3.8) is 0 Å². The second-order valence-electron chi connectivity index (χ2n) is 6.05. The Bertz CT molecular complexity index is 1220. The fourth-order valence-electron chi connectivity index (χ4n) is 2.73. The molecule has 0 aliphatic heterocycles. The van der Waals surface area contributed by atoms with E-state index in [1.807, 2.05) is 42.5 Å². The van der Waals surface area contributed by atoms with Crippen LogP contribution in [0.15, 0.2) is 86.0 Å². The first-order chi connectivity index (χ1) is 13.7. The van der Waals surface area contributed by atoms with Crippen LogP contribution in [0.3, 0.4) is 0 Å². The Balaban J connectivity index is 1.56. The van der Waals surface area contributed by atoms with Gasteiger partial charge in [-0.05, 0) is 23.3 Å². The van der Waals surface area contributed by atoms with Gasteiger partial charge in [-0.25, -0.2) is 9.78 Å². The number of thioether (sulfide) groups is 1. The summed E-state index contributed by atoms with van der Waals surface area (Å²) in [4.78, 5) is 30.1. The summed E-state index contributed by atoms with van der Waals surface area (Å²) in [5.74, 6) is 1.09. The van der Waals surface area contributed by atoms with Crippen molar-refractivity contribution in [2.24, 2.45) is 0 Å². The summed E-state index contributed by atoms with van der Waals surface area (Å²) >= 11 is 1.34. The maximum Gasteiger partial charge on any atom is 0.336 e. The van der Waals surface area contributed by atoms with Crippen molar-refractivity contribution in [3.05, 3.63) is 98.8 Å². The Hall–Kier alpha value is -3.32. The Morgan fingerprint density at radius 1 is 1.04 bits per heavy atom. The van der Waals surface area contributed by atoms with E-state index in [-0.39, 0.29) is 5.56 Å². The first-order valence-electron chi connectivity index (χ1n) is 8.59. The number of fused-ring (bicyclic) bond motifs is 1. The summed E-state index contributed by atoms with van der Waals surface area (Å²) in [6.07, 6.45) is 1.45. The van der Waals surface area contributed by atoms with Crippen LogP contribution in [-0.4, -0.2) is 9.97 Å². The number of benzene rings is 2. The van der Waals surface area contributed by atoms with E-state index in [0.29, 0.717) is 28.8 Å². The van der Waals surface area contributed by atoms with Gasteiger partial charge in [0, 0.05) is 35.5 Å². The van der Waals surface area contributed by atoms with Crippen molar-refractivity contribution in [2.75, 3.05) is 0 Å². The second kappa shape index (κ2) is 8.14. The highest BCUT2D eigenvalue weighted by atomic mass is 32.2. The quantitative estimate of drug-likeness (QED) is 0.306. The van der Waals surface area contributed by atoms with Crippen LogP contribution in [0.2, 0.25) is 0 Å². The van der Waals surface area contributed by atoms with Crippen molar-refractivity contribution in [1.29, 1.82) is 0 Å². The summed E-state index contributed by atoms with van der Waals surface area (Å²) in [6.45, 7) is 0.430. The minimum Gasteiger partial charge on any atom is -0.489 e. The molecule has 0 fully saturated rings. The molecule has 0 aliphatic carbocycles. The number of hydrogen-bond acceptors (Lipinski definition) is 6. The molecule has 0 radical (unpaired) electrons. The molecule has 4 rings (SSSR count). The van der Waals surface area contributed by atoms with E-state index >= 15 is 0 Å². The molecule has 0 spiro atoms. The second-order valence-corrected chi connectivity index (χ2v) is 7.01. The third-order valence-electron chi connectivity index (χ3n) is 4.06. The third-order valence-corrected chi connectivity index (χ3v) is 5.00. The van der Waals surface area contributed by atoms with Gasteiger partial charge in [0.2, 0.25) is 0 Å². The SMILES string of the molecule is O=c1ccnc(SCc2cc(=O)oc3cc(OCc4ccccc4)ccc23)[nH]1. The minimum absolute atomic E-state index is 0.213. The number of ether oxygens (including phenoxy) is 1. The van der Waals surface area contributed by atoms with Gasteiger partial charge in [-0.2, -0.15) is 0 Å². The lowest BCUT2D eigenvalue weighted by Gasteiger charge is -2.09. The van der Waals surface area contributed by atoms with E-state index in [9.17, 15) is 9.59 Å². The summed E-state index contributed by atoms with van der Waals surface area (Å²) < 4.78 is 11.2. The minimum atomic E-state index is -0.433. The normalized spacial score (nSPS) is 10.9. The van der Waals surface area contributed by atoms with Gasteiger partial charge < -0.3 is 14.1 Å². The maximum absolute atomic E-state index is 12.0. The summed E-state index contributed by atoms with van der Waals surface area (Å²) in [5.41, 5.74) is 1.67. The molecule has 140 valence electrons. The molecule has 0 saturated carbocycles. The van der Waals surface area contributed by atoms with Gasteiger partial charge in [-0.15, -0.1) is 0 Å². The number of aromatic amines is 1. The lowest BCUT2D eigenvalue weighted by atomic mass is 10.1. The number of aromatic nitrogens is 2. The average molecular weight is 392 g/mol. The number of H-pyrrole nitrogens is 1. The number of nitrogens with zero attached hydrogens (tertiary/aromatic N) is 1. The molecule has 0 unspecified atom stereocenters. The van der Waals surface area contributed by atoms with Crippen LogP contribution < -0.4 is 15.9 Å². The lowest BCUT2D eigenvalue weighted by Crippen LogP contribution is -2.05. The molecule has 7 heteroatoms. The molecule has 0 amide bonds. The monoisotopic (exact) mass is 392 g/mol. The molecule has 6 nitrogen and oxygen atoms in total. The molecule has 2 aromatic heterocycles. The fourth-order valence-corrected chi connectivity index (χ4v) is 3.57. The maximum atomic E-state index is 12.0.